The topological polar surface area (TPSA) is 185 Å². The summed E-state index contributed by atoms with van der Waals surface area (Å²) >= 11 is 0. The Hall–Kier alpha value is -4.68. The molecule has 0 radical (unpaired) electrons. The van der Waals surface area contributed by atoms with Crippen molar-refractivity contribution in [3.8, 4) is 0 Å². The van der Waals surface area contributed by atoms with E-state index in [1.807, 2.05) is 53.5 Å². The van der Waals surface area contributed by atoms with Crippen LogP contribution in [0.1, 0.15) is 66.5 Å². The Morgan fingerprint density at radius 2 is 1.46 bits per heavy atom. The van der Waals surface area contributed by atoms with E-state index < -0.39 is 40.0 Å². The number of rotatable bonds is 11. The van der Waals surface area contributed by atoms with Gasteiger partial charge in [-0.15, -0.1) is 0 Å². The molecular formula is C40H58N10O7. The zero-order chi connectivity index (χ0) is 40.8. The molecular weight excluding hydrogens is 733 g/mol. The lowest BCUT2D eigenvalue weighted by molar-refractivity contribution is -0.109. The lowest BCUT2D eigenvalue weighted by Gasteiger charge is -2.45. The van der Waals surface area contributed by atoms with E-state index in [0.29, 0.717) is 44.8 Å². The highest BCUT2D eigenvalue weighted by Crippen LogP contribution is 2.38. The normalized spacial score (nSPS) is 24.5. The maximum absolute atomic E-state index is 14.1. The number of aliphatic hydroxyl groups excluding tert-OH is 3. The number of alkyl carbamates (subject to hydrolysis) is 1. The van der Waals surface area contributed by atoms with Gasteiger partial charge in [0.1, 0.15) is 16.7 Å². The fraction of sp³-hybridized carbons (Fsp3) is 0.600. The summed E-state index contributed by atoms with van der Waals surface area (Å²) in [5.41, 5.74) is -1.48. The van der Waals surface area contributed by atoms with E-state index in [9.17, 15) is 24.9 Å². The van der Waals surface area contributed by atoms with Gasteiger partial charge in [0.05, 0.1) is 53.8 Å². The van der Waals surface area contributed by atoms with Gasteiger partial charge >= 0.3 is 12.2 Å². The van der Waals surface area contributed by atoms with Crippen molar-refractivity contribution in [3.05, 3.63) is 60.9 Å². The molecule has 17 nitrogen and oxygen atoms in total. The summed E-state index contributed by atoms with van der Waals surface area (Å²) < 4.78 is 15.6. The fourth-order valence-electron chi connectivity index (χ4n) is 8.44. The van der Waals surface area contributed by atoms with Crippen molar-refractivity contribution in [1.29, 1.82) is 0 Å². The van der Waals surface area contributed by atoms with Crippen LogP contribution in [0, 0.1) is 0 Å². The number of carbonyl (C=O) groups is 2. The number of ether oxygens (including phenoxy) is 2. The molecule has 3 aliphatic rings. The molecule has 0 saturated carbocycles. The van der Waals surface area contributed by atoms with E-state index in [2.05, 4.69) is 29.8 Å². The van der Waals surface area contributed by atoms with Crippen LogP contribution in [0.4, 0.5) is 21.2 Å². The largest absolute Gasteiger partial charge is 0.444 e. The van der Waals surface area contributed by atoms with Crippen molar-refractivity contribution >= 4 is 34.9 Å². The van der Waals surface area contributed by atoms with Gasteiger partial charge in [0.25, 0.3) is 0 Å². The van der Waals surface area contributed by atoms with Crippen LogP contribution in [0.15, 0.2) is 55.2 Å². The second kappa shape index (κ2) is 15.2. The summed E-state index contributed by atoms with van der Waals surface area (Å²) in [6, 6.07) is 8.01. The standard InChI is InChI=1S/C40H58N10O7/c1-36(2,3)56-34(54)44-39(27-52)12-19-48(24-39)50(35(55)57-37(4,5)6)40(28-53)13-18-47(25-40)33-31-10-8-16-49(31)29(21-42-33)22-43-38(26-51)11-17-46(23-38)32-30-9-7-15-45(30)20-14-41-32/h7-10,14-16,20-21,43,51-53H,11-13,17-19,22-28H2,1-6H3,(H,44,54). The number of hydrazine groups is 1. The number of fused-ring (bicyclic) bond motifs is 2. The number of nitrogens with zero attached hydrogens (tertiary/aromatic N) is 8. The minimum atomic E-state index is -1.10. The zero-order valence-electron chi connectivity index (χ0n) is 33.9. The average molecular weight is 791 g/mol. The highest BCUT2D eigenvalue weighted by Gasteiger charge is 2.53. The minimum Gasteiger partial charge on any atom is -0.444 e. The first kappa shape index (κ1) is 40.5. The van der Waals surface area contributed by atoms with Crippen LogP contribution in [0.5, 0.6) is 0 Å². The number of aromatic nitrogens is 4. The third-order valence-corrected chi connectivity index (χ3v) is 11.3. The van der Waals surface area contributed by atoms with Crippen molar-refractivity contribution in [2.24, 2.45) is 0 Å². The molecule has 7 heterocycles. The number of hydrogen-bond donors (Lipinski definition) is 5. The Morgan fingerprint density at radius 3 is 2.18 bits per heavy atom. The smallest absolute Gasteiger partial charge is 0.425 e. The molecule has 0 aromatic carbocycles. The summed E-state index contributed by atoms with van der Waals surface area (Å²) in [6.45, 7) is 12.9. The van der Waals surface area contributed by atoms with E-state index in [4.69, 9.17) is 14.5 Å². The third kappa shape index (κ3) is 8.21. The molecule has 0 aliphatic carbocycles. The molecule has 3 fully saturated rings. The maximum Gasteiger partial charge on any atom is 0.425 e. The van der Waals surface area contributed by atoms with Gasteiger partial charge in [-0.25, -0.2) is 29.6 Å². The molecule has 3 unspecified atom stereocenters. The second-order valence-corrected chi connectivity index (χ2v) is 17.9. The summed E-state index contributed by atoms with van der Waals surface area (Å²) in [6.07, 6.45) is 9.74. The molecule has 3 atom stereocenters. The van der Waals surface area contributed by atoms with Crippen molar-refractivity contribution in [2.45, 2.75) is 95.2 Å². The number of hydrogen-bond acceptors (Lipinski definition) is 13. The van der Waals surface area contributed by atoms with Crippen molar-refractivity contribution < 1.29 is 34.4 Å². The highest BCUT2D eigenvalue weighted by atomic mass is 16.6. The van der Waals surface area contributed by atoms with Gasteiger partial charge in [0.15, 0.2) is 11.6 Å². The van der Waals surface area contributed by atoms with Crippen LogP contribution in [-0.2, 0) is 16.0 Å². The van der Waals surface area contributed by atoms with Crippen molar-refractivity contribution in [2.75, 3.05) is 68.9 Å². The first-order valence-corrected chi connectivity index (χ1v) is 19.7. The van der Waals surface area contributed by atoms with E-state index in [0.717, 1.165) is 35.5 Å². The SMILES string of the molecule is CC(C)(C)OC(=O)NC1(CO)CCN(N(C(=O)OC(C)(C)C)C2(CO)CCN(c3ncc(CNC4(CO)CCN(c5nccn6cccc56)C4)n4cccc34)C2)C1. The Morgan fingerprint density at radius 1 is 0.789 bits per heavy atom. The zero-order valence-corrected chi connectivity index (χ0v) is 33.9. The molecule has 7 rings (SSSR count). The van der Waals surface area contributed by atoms with E-state index >= 15 is 0 Å². The lowest BCUT2D eigenvalue weighted by Crippen LogP contribution is -2.64. The van der Waals surface area contributed by atoms with E-state index in [-0.39, 0.29) is 32.9 Å². The van der Waals surface area contributed by atoms with Crippen molar-refractivity contribution in [3.63, 3.8) is 0 Å². The molecule has 57 heavy (non-hydrogen) atoms. The Kier molecular flexibility index (Phi) is 10.8. The van der Waals surface area contributed by atoms with Gasteiger partial charge in [-0.2, -0.15) is 0 Å². The molecule has 310 valence electrons. The Bertz CT molecular complexity index is 2080. The van der Waals surface area contributed by atoms with Crippen LogP contribution in [0.25, 0.3) is 11.0 Å². The predicted octanol–water partition coefficient (Wildman–Crippen LogP) is 2.77. The number of aliphatic hydroxyl groups is 3. The number of anilines is 2. The van der Waals surface area contributed by atoms with Gasteiger partial charge in [0.2, 0.25) is 0 Å². The summed E-state index contributed by atoms with van der Waals surface area (Å²) in [5.74, 6) is 1.60. The molecule has 2 amide bonds. The lowest BCUT2D eigenvalue weighted by atomic mass is 9.98. The molecule has 3 saturated heterocycles. The molecule has 0 bridgehead atoms. The first-order chi connectivity index (χ1) is 27.0. The fourth-order valence-corrected chi connectivity index (χ4v) is 8.44. The molecule has 17 heteroatoms. The molecule has 4 aromatic heterocycles. The predicted molar refractivity (Wildman–Crippen MR) is 214 cm³/mol. The van der Waals surface area contributed by atoms with Crippen LogP contribution < -0.4 is 20.4 Å². The second-order valence-electron chi connectivity index (χ2n) is 17.9. The van der Waals surface area contributed by atoms with Gasteiger partial charge in [-0.1, -0.05) is 0 Å². The summed E-state index contributed by atoms with van der Waals surface area (Å²) in [4.78, 5) is 40.9. The summed E-state index contributed by atoms with van der Waals surface area (Å²) in [7, 11) is 0. The van der Waals surface area contributed by atoms with Crippen LogP contribution >= 0.6 is 0 Å². The number of nitrogens with one attached hydrogen (secondary N) is 2. The minimum absolute atomic E-state index is 0.0351. The van der Waals surface area contributed by atoms with E-state index in [1.54, 1.807) is 52.7 Å². The highest BCUT2D eigenvalue weighted by molar-refractivity contribution is 5.73. The Balaban J connectivity index is 1.10. The maximum atomic E-state index is 14.1. The molecule has 0 spiro atoms. The monoisotopic (exact) mass is 790 g/mol. The van der Waals surface area contributed by atoms with Crippen LogP contribution in [0.2, 0.25) is 0 Å². The van der Waals surface area contributed by atoms with Gasteiger partial charge in [0, 0.05) is 70.6 Å². The van der Waals surface area contributed by atoms with Crippen LogP contribution in [0.3, 0.4) is 0 Å². The molecule has 3 aliphatic heterocycles. The third-order valence-electron chi connectivity index (χ3n) is 11.3. The molecule has 4 aromatic rings. The van der Waals surface area contributed by atoms with E-state index in [1.165, 1.54) is 5.01 Å². The Labute approximate surface area is 333 Å². The van der Waals surface area contributed by atoms with Crippen molar-refractivity contribution in [1.82, 2.24) is 39.4 Å². The number of amides is 2. The quantitative estimate of drug-likeness (QED) is 0.150. The summed E-state index contributed by atoms with van der Waals surface area (Å²) in [5, 5.41) is 42.2. The van der Waals surface area contributed by atoms with Gasteiger partial charge in [-0.05, 0) is 85.1 Å². The van der Waals surface area contributed by atoms with Gasteiger partial charge < -0.3 is 54.0 Å². The first-order valence-electron chi connectivity index (χ1n) is 19.7. The van der Waals surface area contributed by atoms with Gasteiger partial charge in [-0.3, -0.25) is 0 Å². The number of carbonyl (C=O) groups excluding carboxylic acids is 2. The van der Waals surface area contributed by atoms with Crippen LogP contribution in [-0.4, -0.2) is 143 Å². The molecule has 5 N–H and O–H groups in total. The average Bonchev–Trinajstić information content (AvgIpc) is 4.00.